The second-order valence-corrected chi connectivity index (χ2v) is 11.8. The Kier molecular flexibility index (Phi) is 8.01. The summed E-state index contributed by atoms with van der Waals surface area (Å²) in [4.78, 5) is 11.9. The molecular formula is C23H19ClF3NO6S2. The number of carbonyl (C=O) groups is 1. The maximum Gasteiger partial charge on any atom is 0.416 e. The van der Waals surface area contributed by atoms with E-state index in [-0.39, 0.29) is 37.6 Å². The molecule has 0 saturated carbocycles. The summed E-state index contributed by atoms with van der Waals surface area (Å²) in [6, 6.07) is 13.6. The number of ether oxygens (including phenoxy) is 1. The highest BCUT2D eigenvalue weighted by Gasteiger charge is 2.32. The first-order valence-corrected chi connectivity index (χ1v) is 13.7. The van der Waals surface area contributed by atoms with Gasteiger partial charge >= 0.3 is 6.18 Å². The van der Waals surface area contributed by atoms with Crippen molar-refractivity contribution in [2.75, 3.05) is 5.75 Å². The topological polar surface area (TPSA) is 107 Å². The van der Waals surface area contributed by atoms with E-state index < -0.39 is 43.9 Å². The monoisotopic (exact) mass is 561 g/mol. The van der Waals surface area contributed by atoms with Gasteiger partial charge in [0.1, 0.15) is 11.5 Å². The van der Waals surface area contributed by atoms with Gasteiger partial charge in [-0.25, -0.2) is 16.8 Å². The van der Waals surface area contributed by atoms with Gasteiger partial charge in [0.25, 0.3) is 0 Å². The first kappa shape index (κ1) is 27.5. The van der Waals surface area contributed by atoms with Crippen molar-refractivity contribution in [2.24, 2.45) is 0 Å². The predicted octanol–water partition coefficient (Wildman–Crippen LogP) is 4.99. The third kappa shape index (κ3) is 6.77. The van der Waals surface area contributed by atoms with Crippen LogP contribution in [-0.2, 0) is 37.3 Å². The van der Waals surface area contributed by atoms with E-state index in [1.54, 1.807) is 22.9 Å². The van der Waals surface area contributed by atoms with E-state index in [1.807, 2.05) is 0 Å². The van der Waals surface area contributed by atoms with Crippen LogP contribution in [-0.4, -0.2) is 28.5 Å². The highest BCUT2D eigenvalue weighted by molar-refractivity contribution is 7.91. The summed E-state index contributed by atoms with van der Waals surface area (Å²) in [7, 11) is -7.79. The van der Waals surface area contributed by atoms with Crippen molar-refractivity contribution in [3.05, 3.63) is 82.9 Å². The summed E-state index contributed by atoms with van der Waals surface area (Å²) in [5.41, 5.74) is -1.30. The Hall–Kier alpha value is -3.09. The molecule has 3 aromatic carbocycles. The zero-order valence-corrected chi connectivity index (χ0v) is 20.9. The van der Waals surface area contributed by atoms with Gasteiger partial charge in [-0.2, -0.15) is 13.2 Å². The molecule has 3 rings (SSSR count). The van der Waals surface area contributed by atoms with E-state index >= 15 is 0 Å². The molecule has 0 aliphatic carbocycles. The smallest absolute Gasteiger partial charge is 0.416 e. The van der Waals surface area contributed by atoms with Crippen molar-refractivity contribution in [2.45, 2.75) is 29.3 Å². The van der Waals surface area contributed by atoms with Gasteiger partial charge in [-0.3, -0.25) is 9.52 Å². The number of hydrogen-bond donors (Lipinski definition) is 1. The lowest BCUT2D eigenvalue weighted by atomic mass is 10.1. The van der Waals surface area contributed by atoms with Gasteiger partial charge in [0, 0.05) is 0 Å². The molecule has 36 heavy (non-hydrogen) atoms. The van der Waals surface area contributed by atoms with Crippen molar-refractivity contribution < 1.29 is 39.5 Å². The second kappa shape index (κ2) is 10.5. The Bertz CT molecular complexity index is 1490. The molecule has 3 aromatic rings. The first-order chi connectivity index (χ1) is 16.7. The summed E-state index contributed by atoms with van der Waals surface area (Å²) in [5, 5.41) is -0.183. The third-order valence-corrected chi connectivity index (χ3v) is 8.16. The molecule has 0 saturated heterocycles. The van der Waals surface area contributed by atoms with Crippen LogP contribution in [0.15, 0.2) is 76.5 Å². The van der Waals surface area contributed by atoms with Crippen LogP contribution in [0.5, 0.6) is 11.5 Å². The number of carbonyl (C=O) groups excluding carboxylic acids is 1. The fourth-order valence-electron chi connectivity index (χ4n) is 3.05. The van der Waals surface area contributed by atoms with Gasteiger partial charge in [0.2, 0.25) is 25.8 Å². The quantitative estimate of drug-likeness (QED) is 0.415. The first-order valence-electron chi connectivity index (χ1n) is 10.2. The van der Waals surface area contributed by atoms with Crippen molar-refractivity contribution >= 4 is 37.4 Å². The number of halogens is 4. The molecule has 7 nitrogen and oxygen atoms in total. The number of rotatable bonds is 8. The van der Waals surface area contributed by atoms with Gasteiger partial charge in [0.15, 0.2) is 0 Å². The molecule has 0 radical (unpaired) electrons. The lowest BCUT2D eigenvalue weighted by Gasteiger charge is -2.14. The zero-order chi connectivity index (χ0) is 26.7. The summed E-state index contributed by atoms with van der Waals surface area (Å²) >= 11 is 6.17. The largest absolute Gasteiger partial charge is 0.456 e. The van der Waals surface area contributed by atoms with E-state index in [2.05, 4.69) is 0 Å². The molecule has 0 fully saturated rings. The van der Waals surface area contributed by atoms with Gasteiger partial charge in [-0.05, 0) is 61.0 Å². The van der Waals surface area contributed by atoms with Crippen LogP contribution in [0, 0.1) is 0 Å². The molecule has 192 valence electrons. The molecule has 0 aliphatic rings. The Morgan fingerprint density at radius 2 is 1.61 bits per heavy atom. The van der Waals surface area contributed by atoms with E-state index in [9.17, 15) is 34.8 Å². The third-order valence-electron chi connectivity index (χ3n) is 4.80. The SMILES string of the molecule is CCS(=O)(=O)NC(=O)Cc1cc(Oc2ccc(S(=O)(=O)c3ccccc3)cc2Cl)cc(C(F)(F)F)c1. The Morgan fingerprint density at radius 3 is 2.19 bits per heavy atom. The summed E-state index contributed by atoms with van der Waals surface area (Å²) in [6.07, 6.45) is -5.46. The van der Waals surface area contributed by atoms with Crippen molar-refractivity contribution in [3.63, 3.8) is 0 Å². The molecule has 1 N–H and O–H groups in total. The van der Waals surface area contributed by atoms with Crippen LogP contribution >= 0.6 is 11.6 Å². The molecular weight excluding hydrogens is 543 g/mol. The normalized spacial score (nSPS) is 12.2. The van der Waals surface area contributed by atoms with E-state index in [0.717, 1.165) is 12.1 Å². The average Bonchev–Trinajstić information content (AvgIpc) is 2.79. The minimum atomic E-state index is -4.79. The minimum Gasteiger partial charge on any atom is -0.456 e. The Labute approximate surface area is 210 Å². The van der Waals surface area contributed by atoms with Crippen LogP contribution in [0.2, 0.25) is 5.02 Å². The Balaban J connectivity index is 1.92. The second-order valence-electron chi connectivity index (χ2n) is 7.48. The van der Waals surface area contributed by atoms with Crippen LogP contribution in [0.3, 0.4) is 0 Å². The molecule has 1 amide bonds. The highest BCUT2D eigenvalue weighted by Crippen LogP contribution is 2.37. The molecule has 0 bridgehead atoms. The molecule has 0 aromatic heterocycles. The molecule has 0 aliphatic heterocycles. The average molecular weight is 562 g/mol. The lowest BCUT2D eigenvalue weighted by molar-refractivity contribution is -0.137. The molecule has 0 heterocycles. The number of alkyl halides is 3. The van der Waals surface area contributed by atoms with Crippen molar-refractivity contribution in [3.8, 4) is 11.5 Å². The van der Waals surface area contributed by atoms with Gasteiger partial charge in [-0.1, -0.05) is 29.8 Å². The number of sulfone groups is 1. The number of amides is 1. The summed E-state index contributed by atoms with van der Waals surface area (Å²) < 4.78 is 96.2. The molecule has 0 unspecified atom stereocenters. The number of benzene rings is 3. The van der Waals surface area contributed by atoms with Gasteiger partial charge in [0.05, 0.1) is 32.6 Å². The standard InChI is InChI=1S/C23H19ClF3NO6S2/c1-2-35(30,31)28-22(29)12-15-10-16(23(25,26)27)13-17(11-15)34-21-9-8-19(14-20(21)24)36(32,33)18-6-4-3-5-7-18/h3-11,13-14H,2,12H2,1H3,(H,28,29). The summed E-state index contributed by atoms with van der Waals surface area (Å²) in [5.74, 6) is -1.88. The van der Waals surface area contributed by atoms with E-state index in [1.165, 1.54) is 31.2 Å². The number of hydrogen-bond acceptors (Lipinski definition) is 6. The van der Waals surface area contributed by atoms with E-state index in [0.29, 0.717) is 12.1 Å². The van der Waals surface area contributed by atoms with E-state index in [4.69, 9.17) is 16.3 Å². The van der Waals surface area contributed by atoms with Crippen LogP contribution in [0.25, 0.3) is 0 Å². The molecule has 0 atom stereocenters. The molecule has 13 heteroatoms. The van der Waals surface area contributed by atoms with Gasteiger partial charge in [-0.15, -0.1) is 0 Å². The van der Waals surface area contributed by atoms with Crippen LogP contribution < -0.4 is 9.46 Å². The maximum atomic E-state index is 13.4. The zero-order valence-electron chi connectivity index (χ0n) is 18.5. The summed E-state index contributed by atoms with van der Waals surface area (Å²) in [6.45, 7) is 1.30. The van der Waals surface area contributed by atoms with Crippen LogP contribution in [0.1, 0.15) is 18.1 Å². The highest BCUT2D eigenvalue weighted by atomic mass is 35.5. The number of sulfonamides is 1. The fraction of sp³-hybridized carbons (Fsp3) is 0.174. The van der Waals surface area contributed by atoms with Crippen LogP contribution in [0.4, 0.5) is 13.2 Å². The fourth-order valence-corrected chi connectivity index (χ4v) is 5.20. The lowest BCUT2D eigenvalue weighted by Crippen LogP contribution is -2.32. The molecule has 0 spiro atoms. The number of nitrogens with one attached hydrogen (secondary N) is 1. The van der Waals surface area contributed by atoms with Crippen molar-refractivity contribution in [1.82, 2.24) is 4.72 Å². The minimum absolute atomic E-state index is 0.0284. The van der Waals surface area contributed by atoms with Crippen molar-refractivity contribution in [1.29, 1.82) is 0 Å². The van der Waals surface area contributed by atoms with Gasteiger partial charge < -0.3 is 4.74 Å². The Morgan fingerprint density at radius 1 is 0.944 bits per heavy atom. The maximum absolute atomic E-state index is 13.4. The predicted molar refractivity (Wildman–Crippen MR) is 126 cm³/mol.